The molecule has 1 saturated carbocycles. The average molecular weight is 347 g/mol. The summed E-state index contributed by atoms with van der Waals surface area (Å²) in [6, 6.07) is 0. The van der Waals surface area contributed by atoms with Crippen LogP contribution in [0, 0.1) is 5.41 Å². The summed E-state index contributed by atoms with van der Waals surface area (Å²) >= 11 is 10.4. The number of aliphatic carboxylic acids is 2. The molecule has 18 heavy (non-hydrogen) atoms. The van der Waals surface area contributed by atoms with Crippen LogP contribution in [0.2, 0.25) is 0 Å². The summed E-state index contributed by atoms with van der Waals surface area (Å²) < 4.78 is 4.62. The number of carbonyl (C=O) groups excluding carboxylic acids is 3. The van der Waals surface area contributed by atoms with Crippen LogP contribution in [-0.4, -0.2) is 28.8 Å². The van der Waals surface area contributed by atoms with E-state index in [0.29, 0.717) is 0 Å². The summed E-state index contributed by atoms with van der Waals surface area (Å²) in [6.45, 7) is 0. The van der Waals surface area contributed by atoms with Gasteiger partial charge in [0.2, 0.25) is 4.84 Å². The zero-order valence-electron chi connectivity index (χ0n) is 9.77. The van der Waals surface area contributed by atoms with Crippen LogP contribution in [0.3, 0.4) is 0 Å². The second kappa shape index (κ2) is 9.31. The average Bonchev–Trinajstić information content (AvgIpc) is 2.08. The van der Waals surface area contributed by atoms with Gasteiger partial charge in [-0.15, -0.1) is 0 Å². The van der Waals surface area contributed by atoms with E-state index in [4.69, 9.17) is 23.2 Å². The molecular weight excluding hydrogens is 341 g/mol. The molecule has 0 saturated heterocycles. The normalized spacial score (nSPS) is 16.8. The van der Waals surface area contributed by atoms with Crippen LogP contribution in [0.25, 0.3) is 0 Å². The molecule has 0 aromatic heterocycles. The molecule has 90 valence electrons. The molecule has 0 radical (unpaired) electrons. The summed E-state index contributed by atoms with van der Waals surface area (Å²) in [4.78, 5) is 30.7. The number of hydrogen-bond donors (Lipinski definition) is 0. The number of halogens is 2. The predicted octanol–water partition coefficient (Wildman–Crippen LogP) is -8.01. The first-order valence-electron chi connectivity index (χ1n) is 4.21. The van der Waals surface area contributed by atoms with Crippen LogP contribution < -0.4 is 113 Å². The van der Waals surface area contributed by atoms with E-state index in [1.54, 1.807) is 0 Å². The number of esters is 1. The molecule has 0 aromatic carbocycles. The van der Waals surface area contributed by atoms with Crippen molar-refractivity contribution < 1.29 is 132 Å². The Bertz CT molecular complexity index is 326. The van der Waals surface area contributed by atoms with Gasteiger partial charge in [0.05, 0.1) is 17.4 Å². The van der Waals surface area contributed by atoms with E-state index in [1.165, 1.54) is 0 Å². The maximum atomic E-state index is 10.9. The van der Waals surface area contributed by atoms with Crippen molar-refractivity contribution in [2.45, 2.75) is 23.8 Å². The first kappa shape index (κ1) is 22.5. The Balaban J connectivity index is 0. The Kier molecular flexibility index (Phi) is 11.7. The first-order chi connectivity index (χ1) is 7.29. The van der Waals surface area contributed by atoms with E-state index < -0.39 is 47.1 Å². The van der Waals surface area contributed by atoms with E-state index in [9.17, 15) is 24.6 Å². The second-order valence-corrected chi connectivity index (χ2v) is 4.52. The number of hydrogen-bond acceptors (Lipinski definition) is 6. The topological polar surface area (TPSA) is 107 Å². The standard InChI is InChI=1S/C8H8Cl2O6.2K/c9-4(10)5(11)16-3-1-8(2-3,6(12)13)7(14)15;;/h3-4H,1-2H2,(H,12,13)(H,14,15);;/q;2*+1/p-2. The van der Waals surface area contributed by atoms with Crippen LogP contribution in [0.5, 0.6) is 0 Å². The first-order valence-corrected chi connectivity index (χ1v) is 5.08. The van der Waals surface area contributed by atoms with Gasteiger partial charge in [0.1, 0.15) is 6.10 Å². The monoisotopic (exact) mass is 346 g/mol. The number of ether oxygens (including phenoxy) is 1. The van der Waals surface area contributed by atoms with Crippen molar-refractivity contribution in [3.8, 4) is 0 Å². The van der Waals surface area contributed by atoms with Crippen LogP contribution >= 0.6 is 23.2 Å². The Morgan fingerprint density at radius 2 is 1.50 bits per heavy atom. The maximum absolute atomic E-state index is 10.9. The number of carboxylic acids is 2. The Morgan fingerprint density at radius 1 is 1.11 bits per heavy atom. The van der Waals surface area contributed by atoms with Crippen molar-refractivity contribution >= 4 is 41.1 Å². The zero-order valence-corrected chi connectivity index (χ0v) is 17.5. The van der Waals surface area contributed by atoms with Gasteiger partial charge in [-0.25, -0.2) is 4.79 Å². The van der Waals surface area contributed by atoms with Gasteiger partial charge in [-0.05, 0) is 0 Å². The molecule has 0 amide bonds. The molecule has 10 heteroatoms. The van der Waals surface area contributed by atoms with Crippen LogP contribution in [0.15, 0.2) is 0 Å². The summed E-state index contributed by atoms with van der Waals surface area (Å²) in [7, 11) is 0. The van der Waals surface area contributed by atoms with Crippen molar-refractivity contribution in [3.63, 3.8) is 0 Å². The van der Waals surface area contributed by atoms with Gasteiger partial charge < -0.3 is 24.5 Å². The molecule has 1 rings (SSSR count). The van der Waals surface area contributed by atoms with Gasteiger partial charge in [-0.2, -0.15) is 0 Å². The fraction of sp³-hybridized carbons (Fsp3) is 0.625. The summed E-state index contributed by atoms with van der Waals surface area (Å²) in [5.41, 5.74) is -2.08. The van der Waals surface area contributed by atoms with Crippen LogP contribution in [0.4, 0.5) is 0 Å². The Hall–Kier alpha value is 2.26. The van der Waals surface area contributed by atoms with E-state index in [-0.39, 0.29) is 103 Å². The smallest absolute Gasteiger partial charge is 0.549 e. The molecule has 0 spiro atoms. The molecular formula is C8H6Cl2K2O6. The van der Waals surface area contributed by atoms with Crippen molar-refractivity contribution in [2.24, 2.45) is 5.41 Å². The molecule has 0 aromatic rings. The van der Waals surface area contributed by atoms with Gasteiger partial charge in [0, 0.05) is 12.8 Å². The summed E-state index contributed by atoms with van der Waals surface area (Å²) in [5, 5.41) is 21.2. The van der Waals surface area contributed by atoms with Crippen molar-refractivity contribution in [2.75, 3.05) is 0 Å². The molecule has 0 bridgehead atoms. The molecule has 0 aliphatic heterocycles. The maximum Gasteiger partial charge on any atom is 1.00 e. The second-order valence-electron chi connectivity index (χ2n) is 3.42. The number of carbonyl (C=O) groups is 3. The Morgan fingerprint density at radius 3 is 1.78 bits per heavy atom. The van der Waals surface area contributed by atoms with Gasteiger partial charge in [-0.1, -0.05) is 23.2 Å². The Labute approximate surface area is 198 Å². The van der Waals surface area contributed by atoms with Crippen molar-refractivity contribution in [3.05, 3.63) is 0 Å². The van der Waals surface area contributed by atoms with Crippen LogP contribution in [0.1, 0.15) is 12.8 Å². The number of alkyl halides is 2. The fourth-order valence-electron chi connectivity index (χ4n) is 1.43. The minimum absolute atomic E-state index is 0. The summed E-state index contributed by atoms with van der Waals surface area (Å²) in [5.74, 6) is -4.46. The fourth-order valence-corrected chi connectivity index (χ4v) is 1.54. The number of rotatable bonds is 4. The van der Waals surface area contributed by atoms with Gasteiger partial charge in [0.25, 0.3) is 0 Å². The molecule has 0 N–H and O–H groups in total. The molecule has 1 aliphatic carbocycles. The molecule has 1 fully saturated rings. The SMILES string of the molecule is O=C(OC1CC(C(=O)[O-])(C(=O)[O-])C1)C(Cl)Cl.[K+].[K+]. The zero-order chi connectivity index (χ0) is 12.5. The largest absolute Gasteiger partial charge is 1.00 e. The van der Waals surface area contributed by atoms with E-state index in [1.807, 2.05) is 0 Å². The van der Waals surface area contributed by atoms with E-state index in [2.05, 4.69) is 4.74 Å². The molecule has 1 aliphatic rings. The van der Waals surface area contributed by atoms with Crippen molar-refractivity contribution in [1.82, 2.24) is 0 Å². The third-order valence-electron chi connectivity index (χ3n) is 2.39. The van der Waals surface area contributed by atoms with E-state index >= 15 is 0 Å². The molecule has 0 heterocycles. The molecule has 0 unspecified atom stereocenters. The van der Waals surface area contributed by atoms with Crippen LogP contribution in [-0.2, 0) is 19.1 Å². The van der Waals surface area contributed by atoms with Gasteiger partial charge >= 0.3 is 109 Å². The summed E-state index contributed by atoms with van der Waals surface area (Å²) in [6.07, 6.45) is -1.64. The van der Waals surface area contributed by atoms with Crippen molar-refractivity contribution in [1.29, 1.82) is 0 Å². The van der Waals surface area contributed by atoms with E-state index in [0.717, 1.165) is 0 Å². The number of carboxylic acid groups (broad SMARTS) is 2. The minimum atomic E-state index is -2.08. The quantitative estimate of drug-likeness (QED) is 0.216. The predicted molar refractivity (Wildman–Crippen MR) is 47.1 cm³/mol. The van der Waals surface area contributed by atoms with Gasteiger partial charge in [0.15, 0.2) is 0 Å². The van der Waals surface area contributed by atoms with Gasteiger partial charge in [-0.3, -0.25) is 0 Å². The molecule has 0 atom stereocenters. The minimum Gasteiger partial charge on any atom is -0.549 e. The third-order valence-corrected chi connectivity index (χ3v) is 2.75. The third kappa shape index (κ3) is 5.23. The molecule has 6 nitrogen and oxygen atoms in total.